The fraction of sp³-hybridized carbons (Fsp3) is 0.692. The molecule has 1 aliphatic carbocycles. The summed E-state index contributed by atoms with van der Waals surface area (Å²) in [5.41, 5.74) is 1.29. The third kappa shape index (κ3) is 2.65. The molecule has 1 aliphatic rings. The Kier molecular flexibility index (Phi) is 4.00. The lowest BCUT2D eigenvalue weighted by Gasteiger charge is -2.21. The van der Waals surface area contributed by atoms with Crippen LogP contribution in [0.4, 0.5) is 0 Å². The van der Waals surface area contributed by atoms with E-state index in [9.17, 15) is 5.11 Å². The first-order valence-electron chi connectivity index (χ1n) is 6.14. The van der Waals surface area contributed by atoms with Gasteiger partial charge in [-0.15, -0.1) is 11.3 Å². The quantitative estimate of drug-likeness (QED) is 0.846. The van der Waals surface area contributed by atoms with Gasteiger partial charge in [-0.25, -0.2) is 0 Å². The highest BCUT2D eigenvalue weighted by Crippen LogP contribution is 2.28. The molecule has 0 aromatic carbocycles. The number of hydrogen-bond acceptors (Lipinski definition) is 3. The van der Waals surface area contributed by atoms with Crippen LogP contribution in [0.15, 0.2) is 6.07 Å². The Morgan fingerprint density at radius 2 is 2.12 bits per heavy atom. The predicted octanol–water partition coefficient (Wildman–Crippen LogP) is 2.93. The van der Waals surface area contributed by atoms with Gasteiger partial charge < -0.3 is 10.4 Å². The molecule has 1 unspecified atom stereocenters. The summed E-state index contributed by atoms with van der Waals surface area (Å²) in [4.78, 5) is 2.67. The van der Waals surface area contributed by atoms with Crippen LogP contribution in [0, 0.1) is 13.8 Å². The Hall–Kier alpha value is -0.380. The highest BCUT2D eigenvalue weighted by Gasteiger charge is 2.21. The van der Waals surface area contributed by atoms with Gasteiger partial charge in [-0.05, 0) is 38.3 Å². The first-order chi connectivity index (χ1) is 7.70. The van der Waals surface area contributed by atoms with Gasteiger partial charge >= 0.3 is 0 Å². The SMILES string of the molecule is Cc1cc(C(CO)NC2CCCC2)c(C)s1. The topological polar surface area (TPSA) is 32.3 Å². The van der Waals surface area contributed by atoms with Crippen molar-refractivity contribution < 1.29 is 5.11 Å². The van der Waals surface area contributed by atoms with Crippen LogP contribution in [0.3, 0.4) is 0 Å². The molecule has 3 heteroatoms. The summed E-state index contributed by atoms with van der Waals surface area (Å²) < 4.78 is 0. The van der Waals surface area contributed by atoms with Gasteiger partial charge in [0.1, 0.15) is 0 Å². The normalized spacial score (nSPS) is 19.2. The van der Waals surface area contributed by atoms with E-state index in [-0.39, 0.29) is 12.6 Å². The Morgan fingerprint density at radius 3 is 2.62 bits per heavy atom. The molecule has 0 saturated heterocycles. The van der Waals surface area contributed by atoms with Crippen molar-refractivity contribution in [2.24, 2.45) is 0 Å². The molecular formula is C13H21NOS. The van der Waals surface area contributed by atoms with Crippen LogP contribution in [-0.4, -0.2) is 17.8 Å². The molecule has 0 radical (unpaired) electrons. The average molecular weight is 239 g/mol. The van der Waals surface area contributed by atoms with E-state index in [2.05, 4.69) is 25.2 Å². The van der Waals surface area contributed by atoms with Gasteiger partial charge in [0.25, 0.3) is 0 Å². The minimum absolute atomic E-state index is 0.132. The maximum atomic E-state index is 9.52. The van der Waals surface area contributed by atoms with E-state index in [0.717, 1.165) is 0 Å². The molecule has 16 heavy (non-hydrogen) atoms. The van der Waals surface area contributed by atoms with Gasteiger partial charge in [0.05, 0.1) is 12.6 Å². The first-order valence-corrected chi connectivity index (χ1v) is 6.96. The molecule has 1 aromatic heterocycles. The third-order valence-electron chi connectivity index (χ3n) is 3.43. The smallest absolute Gasteiger partial charge is 0.0627 e. The summed E-state index contributed by atoms with van der Waals surface area (Å²) in [6.07, 6.45) is 5.19. The molecular weight excluding hydrogens is 218 g/mol. The summed E-state index contributed by atoms with van der Waals surface area (Å²) in [6.45, 7) is 4.48. The van der Waals surface area contributed by atoms with E-state index >= 15 is 0 Å². The van der Waals surface area contributed by atoms with Crippen molar-refractivity contribution in [3.05, 3.63) is 21.4 Å². The van der Waals surface area contributed by atoms with Crippen molar-refractivity contribution in [1.29, 1.82) is 0 Å². The van der Waals surface area contributed by atoms with Crippen LogP contribution in [0.1, 0.15) is 47.0 Å². The maximum absolute atomic E-state index is 9.52. The highest BCUT2D eigenvalue weighted by molar-refractivity contribution is 7.12. The van der Waals surface area contributed by atoms with E-state index in [1.54, 1.807) is 0 Å². The molecule has 0 bridgehead atoms. The van der Waals surface area contributed by atoms with Crippen molar-refractivity contribution >= 4 is 11.3 Å². The van der Waals surface area contributed by atoms with E-state index in [1.807, 2.05) is 11.3 Å². The Labute approximate surface area is 102 Å². The number of rotatable bonds is 4. The van der Waals surface area contributed by atoms with Crippen molar-refractivity contribution in [2.45, 2.75) is 51.6 Å². The fourth-order valence-corrected chi connectivity index (χ4v) is 3.60. The first kappa shape index (κ1) is 12.1. The van der Waals surface area contributed by atoms with Gasteiger partial charge in [0.2, 0.25) is 0 Å². The predicted molar refractivity (Wildman–Crippen MR) is 69.0 cm³/mol. The lowest BCUT2D eigenvalue weighted by Crippen LogP contribution is -2.32. The molecule has 2 nitrogen and oxygen atoms in total. The largest absolute Gasteiger partial charge is 0.394 e. The summed E-state index contributed by atoms with van der Waals surface area (Å²) in [5.74, 6) is 0. The zero-order valence-corrected chi connectivity index (χ0v) is 10.9. The van der Waals surface area contributed by atoms with Gasteiger partial charge in [-0.3, -0.25) is 0 Å². The molecule has 2 rings (SSSR count). The van der Waals surface area contributed by atoms with Crippen molar-refractivity contribution in [1.82, 2.24) is 5.32 Å². The van der Waals surface area contributed by atoms with E-state index in [0.29, 0.717) is 6.04 Å². The second kappa shape index (κ2) is 5.30. The number of hydrogen-bond donors (Lipinski definition) is 2. The van der Waals surface area contributed by atoms with Crippen LogP contribution >= 0.6 is 11.3 Å². The molecule has 0 spiro atoms. The third-order valence-corrected chi connectivity index (χ3v) is 4.41. The number of nitrogens with one attached hydrogen (secondary N) is 1. The zero-order chi connectivity index (χ0) is 11.5. The highest BCUT2D eigenvalue weighted by atomic mass is 32.1. The zero-order valence-electron chi connectivity index (χ0n) is 10.1. The lowest BCUT2D eigenvalue weighted by molar-refractivity contribution is 0.233. The van der Waals surface area contributed by atoms with Crippen molar-refractivity contribution in [3.8, 4) is 0 Å². The molecule has 2 N–H and O–H groups in total. The van der Waals surface area contributed by atoms with Crippen LogP contribution in [-0.2, 0) is 0 Å². The molecule has 1 atom stereocenters. The van der Waals surface area contributed by atoms with E-state index in [4.69, 9.17) is 0 Å². The van der Waals surface area contributed by atoms with Crippen molar-refractivity contribution in [3.63, 3.8) is 0 Å². The maximum Gasteiger partial charge on any atom is 0.0627 e. The second-order valence-electron chi connectivity index (χ2n) is 4.75. The molecule has 90 valence electrons. The number of aryl methyl sites for hydroxylation is 2. The molecule has 1 saturated carbocycles. The van der Waals surface area contributed by atoms with Crippen molar-refractivity contribution in [2.75, 3.05) is 6.61 Å². The molecule has 1 heterocycles. The molecule has 1 aromatic rings. The number of aliphatic hydroxyl groups excluding tert-OH is 1. The molecule has 0 aliphatic heterocycles. The molecule has 0 amide bonds. The fourth-order valence-electron chi connectivity index (χ4n) is 2.61. The van der Waals surface area contributed by atoms with E-state index < -0.39 is 0 Å². The Balaban J connectivity index is 2.06. The minimum atomic E-state index is 0.132. The Bertz CT molecular complexity index is 342. The summed E-state index contributed by atoms with van der Waals surface area (Å²) >= 11 is 1.82. The number of aliphatic hydroxyl groups is 1. The summed E-state index contributed by atoms with van der Waals surface area (Å²) in [5, 5.41) is 13.1. The van der Waals surface area contributed by atoms with Gasteiger partial charge in [0.15, 0.2) is 0 Å². The minimum Gasteiger partial charge on any atom is -0.394 e. The summed E-state index contributed by atoms with van der Waals surface area (Å²) in [7, 11) is 0. The molecule has 1 fully saturated rings. The number of thiophene rings is 1. The van der Waals surface area contributed by atoms with Gasteiger partial charge in [-0.2, -0.15) is 0 Å². The Morgan fingerprint density at radius 1 is 1.44 bits per heavy atom. The van der Waals surface area contributed by atoms with Crippen LogP contribution < -0.4 is 5.32 Å². The standard InChI is InChI=1S/C13H21NOS/c1-9-7-12(10(2)16-9)13(8-15)14-11-5-3-4-6-11/h7,11,13-15H,3-6,8H2,1-2H3. The second-order valence-corrected chi connectivity index (χ2v) is 6.21. The van der Waals surface area contributed by atoms with Crippen LogP contribution in [0.5, 0.6) is 0 Å². The average Bonchev–Trinajstić information content (AvgIpc) is 2.85. The summed E-state index contributed by atoms with van der Waals surface area (Å²) in [6, 6.07) is 2.95. The van der Waals surface area contributed by atoms with Crippen LogP contribution in [0.2, 0.25) is 0 Å². The van der Waals surface area contributed by atoms with E-state index in [1.165, 1.54) is 41.0 Å². The lowest BCUT2D eigenvalue weighted by atomic mass is 10.1. The van der Waals surface area contributed by atoms with Crippen LogP contribution in [0.25, 0.3) is 0 Å². The van der Waals surface area contributed by atoms with Gasteiger partial charge in [0, 0.05) is 15.8 Å². The monoisotopic (exact) mass is 239 g/mol. The van der Waals surface area contributed by atoms with Gasteiger partial charge in [-0.1, -0.05) is 12.8 Å².